The van der Waals surface area contributed by atoms with Crippen LogP contribution < -0.4 is 4.74 Å². The van der Waals surface area contributed by atoms with Crippen LogP contribution in [0.15, 0.2) is 17.3 Å². The van der Waals surface area contributed by atoms with Crippen LogP contribution in [0.1, 0.15) is 12.6 Å². The number of esters is 1. The van der Waals surface area contributed by atoms with Gasteiger partial charge in [0.25, 0.3) is 0 Å². The molecule has 0 radical (unpaired) electrons. The molecular formula is C18H26N2O8. The Balaban J connectivity index is 1.78. The number of aliphatic imine (C=N–C) groups is 1. The van der Waals surface area contributed by atoms with Crippen LogP contribution in [0.4, 0.5) is 0 Å². The summed E-state index contributed by atoms with van der Waals surface area (Å²) in [5, 5.41) is 10.2. The first-order valence-electron chi connectivity index (χ1n) is 8.78. The fraction of sp³-hybridized carbons (Fsp3) is 0.611. The maximum Gasteiger partial charge on any atom is 0.337 e. The van der Waals surface area contributed by atoms with Crippen LogP contribution in [0.3, 0.4) is 0 Å². The minimum absolute atomic E-state index is 0.0148. The third kappa shape index (κ3) is 6.04. The van der Waals surface area contributed by atoms with Gasteiger partial charge in [-0.3, -0.25) is 0 Å². The second-order valence-electron chi connectivity index (χ2n) is 6.08. The van der Waals surface area contributed by atoms with Crippen molar-refractivity contribution in [1.82, 2.24) is 4.98 Å². The number of ether oxygens (including phenoxy) is 6. The molecule has 0 amide bonds. The molecule has 156 valence electrons. The third-order valence-electron chi connectivity index (χ3n) is 3.81. The Morgan fingerprint density at radius 3 is 2.50 bits per heavy atom. The van der Waals surface area contributed by atoms with Crippen LogP contribution >= 0.6 is 0 Å². The molecule has 10 nitrogen and oxygen atoms in total. The molecule has 0 aliphatic carbocycles. The van der Waals surface area contributed by atoms with Gasteiger partial charge in [0.1, 0.15) is 19.0 Å². The summed E-state index contributed by atoms with van der Waals surface area (Å²) < 4.78 is 31.1. The van der Waals surface area contributed by atoms with E-state index in [1.54, 1.807) is 14.0 Å². The molecule has 1 aliphatic rings. The lowest BCUT2D eigenvalue weighted by atomic mass is 10.1. The second-order valence-corrected chi connectivity index (χ2v) is 6.08. The number of hydrogen-bond donors (Lipinski definition) is 1. The summed E-state index contributed by atoms with van der Waals surface area (Å²) in [6.45, 7) is 4.26. The lowest BCUT2D eigenvalue weighted by Crippen LogP contribution is -2.35. The predicted octanol–water partition coefficient (Wildman–Crippen LogP) is 0.554. The molecule has 0 saturated carbocycles. The van der Waals surface area contributed by atoms with Crippen molar-refractivity contribution in [2.75, 3.05) is 60.5 Å². The van der Waals surface area contributed by atoms with Gasteiger partial charge in [0, 0.05) is 13.2 Å². The van der Waals surface area contributed by atoms with Crippen molar-refractivity contribution in [1.29, 1.82) is 0 Å². The number of aromatic nitrogens is 1. The first-order chi connectivity index (χ1) is 13.5. The zero-order valence-electron chi connectivity index (χ0n) is 16.3. The number of methoxy groups -OCH3 is 2. The van der Waals surface area contributed by atoms with E-state index in [1.807, 2.05) is 0 Å². The van der Waals surface area contributed by atoms with Crippen molar-refractivity contribution < 1.29 is 38.3 Å². The molecule has 0 aromatic carbocycles. The smallest absolute Gasteiger partial charge is 0.337 e. The van der Waals surface area contributed by atoms with Gasteiger partial charge in [0.15, 0.2) is 17.0 Å². The number of hydrogen-bond acceptors (Lipinski definition) is 10. The van der Waals surface area contributed by atoms with E-state index >= 15 is 0 Å². The summed E-state index contributed by atoms with van der Waals surface area (Å²) in [5.74, 6) is -0.242. The Kier molecular flexibility index (Phi) is 8.42. The van der Waals surface area contributed by atoms with Gasteiger partial charge in [0.05, 0.1) is 46.3 Å². The van der Waals surface area contributed by atoms with Gasteiger partial charge in [-0.2, -0.15) is 0 Å². The second kappa shape index (κ2) is 10.8. The molecule has 28 heavy (non-hydrogen) atoms. The monoisotopic (exact) mass is 398 g/mol. The van der Waals surface area contributed by atoms with Gasteiger partial charge in [-0.25, -0.2) is 14.8 Å². The van der Waals surface area contributed by atoms with E-state index in [2.05, 4.69) is 9.98 Å². The van der Waals surface area contributed by atoms with Crippen LogP contribution in [0.25, 0.3) is 0 Å². The Morgan fingerprint density at radius 2 is 1.86 bits per heavy atom. The predicted molar refractivity (Wildman–Crippen MR) is 97.8 cm³/mol. The highest BCUT2D eigenvalue weighted by molar-refractivity contribution is 5.99. The summed E-state index contributed by atoms with van der Waals surface area (Å²) in [7, 11) is 2.89. The quantitative estimate of drug-likeness (QED) is 0.398. The zero-order chi connectivity index (χ0) is 20.4. The van der Waals surface area contributed by atoms with Gasteiger partial charge in [0.2, 0.25) is 5.90 Å². The lowest BCUT2D eigenvalue weighted by molar-refractivity contribution is -0.146. The van der Waals surface area contributed by atoms with Crippen molar-refractivity contribution in [3.05, 3.63) is 18.0 Å². The average Bonchev–Trinajstić information content (AvgIpc) is 3.09. The fourth-order valence-corrected chi connectivity index (χ4v) is 2.30. The topological polar surface area (TPSA) is 118 Å². The van der Waals surface area contributed by atoms with E-state index in [1.165, 1.54) is 19.4 Å². The summed E-state index contributed by atoms with van der Waals surface area (Å²) >= 11 is 0. The number of carbonyl (C=O) groups is 1. The number of carbonyl (C=O) groups excluding carboxylic acids is 1. The molecule has 1 N–H and O–H groups in total. The van der Waals surface area contributed by atoms with E-state index in [-0.39, 0.29) is 30.6 Å². The zero-order valence-corrected chi connectivity index (χ0v) is 16.3. The molecule has 1 aliphatic heterocycles. The van der Waals surface area contributed by atoms with E-state index < -0.39 is 11.5 Å². The Hall–Kier alpha value is -2.43. The van der Waals surface area contributed by atoms with Crippen molar-refractivity contribution in [3.8, 4) is 11.5 Å². The molecular weight excluding hydrogens is 372 g/mol. The SMILES string of the molecule is COCCOCCOCCOc1cnc(C2=NC(C)(C(=O)OC)CO2)c(O)c1. The lowest BCUT2D eigenvalue weighted by Gasteiger charge is -2.13. The first-order valence-corrected chi connectivity index (χ1v) is 8.78. The standard InChI is InChI=1S/C18H26N2O8/c1-18(17(22)24-3)12-28-16(20-18)15-14(21)10-13(11-19-15)27-9-8-26-7-6-25-5-4-23-2/h10-11,21H,4-9,12H2,1-3H3. The average molecular weight is 398 g/mol. The maximum absolute atomic E-state index is 11.8. The van der Waals surface area contributed by atoms with Crippen molar-refractivity contribution >= 4 is 11.9 Å². The van der Waals surface area contributed by atoms with Crippen LogP contribution in [-0.4, -0.2) is 88.0 Å². The normalized spacial score (nSPS) is 18.5. The summed E-state index contributed by atoms with van der Waals surface area (Å²) in [5.41, 5.74) is -1.03. The van der Waals surface area contributed by atoms with E-state index in [4.69, 9.17) is 28.4 Å². The van der Waals surface area contributed by atoms with Gasteiger partial charge < -0.3 is 33.5 Å². The molecule has 0 saturated heterocycles. The molecule has 10 heteroatoms. The molecule has 0 fully saturated rings. The van der Waals surface area contributed by atoms with E-state index in [0.717, 1.165) is 0 Å². The molecule has 1 atom stereocenters. The highest BCUT2D eigenvalue weighted by Crippen LogP contribution is 2.27. The first kappa shape index (κ1) is 21.9. The highest BCUT2D eigenvalue weighted by atomic mass is 16.6. The third-order valence-corrected chi connectivity index (χ3v) is 3.81. The van der Waals surface area contributed by atoms with Crippen molar-refractivity contribution in [2.24, 2.45) is 4.99 Å². The Morgan fingerprint density at radius 1 is 1.18 bits per heavy atom. The van der Waals surface area contributed by atoms with Crippen molar-refractivity contribution in [2.45, 2.75) is 12.5 Å². The van der Waals surface area contributed by atoms with Gasteiger partial charge in [-0.15, -0.1) is 0 Å². The van der Waals surface area contributed by atoms with Gasteiger partial charge in [-0.1, -0.05) is 0 Å². The number of rotatable bonds is 12. The molecule has 0 spiro atoms. The number of nitrogens with zero attached hydrogens (tertiary/aromatic N) is 2. The van der Waals surface area contributed by atoms with Crippen LogP contribution in [-0.2, 0) is 28.5 Å². The molecule has 0 bridgehead atoms. The molecule has 1 aromatic rings. The highest BCUT2D eigenvalue weighted by Gasteiger charge is 2.41. The largest absolute Gasteiger partial charge is 0.505 e. The molecule has 1 unspecified atom stereocenters. The van der Waals surface area contributed by atoms with Crippen LogP contribution in [0, 0.1) is 0 Å². The van der Waals surface area contributed by atoms with Gasteiger partial charge in [-0.05, 0) is 6.92 Å². The summed E-state index contributed by atoms with van der Waals surface area (Å²) in [6, 6.07) is 1.40. The fourth-order valence-electron chi connectivity index (χ4n) is 2.30. The molecule has 1 aromatic heterocycles. The van der Waals surface area contributed by atoms with Gasteiger partial charge >= 0.3 is 5.97 Å². The van der Waals surface area contributed by atoms with E-state index in [0.29, 0.717) is 38.8 Å². The Labute approximate surface area is 163 Å². The summed E-state index contributed by atoms with van der Waals surface area (Å²) in [4.78, 5) is 20.1. The number of pyridine rings is 1. The van der Waals surface area contributed by atoms with Crippen LogP contribution in [0.2, 0.25) is 0 Å². The minimum Gasteiger partial charge on any atom is -0.505 e. The minimum atomic E-state index is -1.15. The maximum atomic E-state index is 11.8. The number of aromatic hydroxyl groups is 1. The van der Waals surface area contributed by atoms with E-state index in [9.17, 15) is 9.90 Å². The molecule has 2 rings (SSSR count). The van der Waals surface area contributed by atoms with Crippen molar-refractivity contribution in [3.63, 3.8) is 0 Å². The Bertz CT molecular complexity index is 682. The summed E-state index contributed by atoms with van der Waals surface area (Å²) in [6.07, 6.45) is 1.43. The molecule has 2 heterocycles. The van der Waals surface area contributed by atoms with Crippen LogP contribution in [0.5, 0.6) is 11.5 Å².